The largest absolute Gasteiger partial charge is 0.302 e. The summed E-state index contributed by atoms with van der Waals surface area (Å²) in [6.45, 7) is 11.9. The van der Waals surface area contributed by atoms with Crippen LogP contribution in [-0.2, 0) is 0 Å². The van der Waals surface area contributed by atoms with Crippen LogP contribution in [0, 0.1) is 13.8 Å². The molecule has 1 amide bonds. The van der Waals surface area contributed by atoms with Crippen LogP contribution in [0.15, 0.2) is 40.9 Å². The molecule has 0 saturated heterocycles. The minimum Gasteiger partial charge on any atom is -0.302 e. The van der Waals surface area contributed by atoms with Crippen molar-refractivity contribution in [3.63, 3.8) is 0 Å². The number of aryl methyl sites for hydroxylation is 2. The molecule has 0 radical (unpaired) electrons. The zero-order valence-corrected chi connectivity index (χ0v) is 20.5. The minimum absolute atomic E-state index is 0. The Morgan fingerprint density at radius 3 is 2.41 bits per heavy atom. The Balaban J connectivity index is 0.00000300. The van der Waals surface area contributed by atoms with Gasteiger partial charge in [0.25, 0.3) is 5.91 Å². The number of likely N-dealkylation sites (N-methyl/N-ethyl adjacent to an activating group) is 1. The third-order valence-electron chi connectivity index (χ3n) is 5.07. The van der Waals surface area contributed by atoms with Gasteiger partial charge in [-0.25, -0.2) is 4.98 Å². The highest BCUT2D eigenvalue weighted by atomic mass is 79.9. The summed E-state index contributed by atoms with van der Waals surface area (Å²) in [6.07, 6.45) is 0. The Hall–Kier alpha value is -1.47. The molecule has 0 fully saturated rings. The van der Waals surface area contributed by atoms with E-state index in [-0.39, 0.29) is 18.3 Å². The highest BCUT2D eigenvalue weighted by molar-refractivity contribution is 9.10. The molecule has 156 valence electrons. The number of fused-ring (bicyclic) bond motifs is 1. The van der Waals surface area contributed by atoms with Crippen LogP contribution >= 0.6 is 39.7 Å². The third-order valence-corrected chi connectivity index (χ3v) is 6.61. The van der Waals surface area contributed by atoms with Crippen molar-refractivity contribution in [3.8, 4) is 0 Å². The normalized spacial score (nSPS) is 11.0. The second-order valence-corrected chi connectivity index (χ2v) is 8.82. The predicted octanol–water partition coefficient (Wildman–Crippen LogP) is 6.09. The molecule has 3 aromatic rings. The lowest BCUT2D eigenvalue weighted by Gasteiger charge is -2.24. The van der Waals surface area contributed by atoms with E-state index in [4.69, 9.17) is 4.98 Å². The fourth-order valence-electron chi connectivity index (χ4n) is 3.13. The molecular formula is C22H27BrClN3OS. The molecule has 0 aliphatic carbocycles. The summed E-state index contributed by atoms with van der Waals surface area (Å²) in [7, 11) is 0. The predicted molar refractivity (Wildman–Crippen MR) is 130 cm³/mol. The summed E-state index contributed by atoms with van der Waals surface area (Å²) in [6, 6.07) is 11.8. The smallest absolute Gasteiger partial charge is 0.260 e. The van der Waals surface area contributed by atoms with E-state index in [0.717, 1.165) is 39.5 Å². The van der Waals surface area contributed by atoms with Crippen LogP contribution in [0.2, 0.25) is 0 Å². The van der Waals surface area contributed by atoms with E-state index in [2.05, 4.69) is 60.7 Å². The van der Waals surface area contributed by atoms with Gasteiger partial charge < -0.3 is 4.90 Å². The van der Waals surface area contributed by atoms with E-state index >= 15 is 0 Å². The summed E-state index contributed by atoms with van der Waals surface area (Å²) >= 11 is 5.06. The highest BCUT2D eigenvalue weighted by Crippen LogP contribution is 2.31. The van der Waals surface area contributed by atoms with Crippen LogP contribution in [0.5, 0.6) is 0 Å². The van der Waals surface area contributed by atoms with Crippen LogP contribution in [0.25, 0.3) is 10.2 Å². The SMILES string of the molecule is CCN(CC)CCN(C(=O)c1cccc(Br)c1)c1nc2cc(C)c(C)cc2s1.Cl. The van der Waals surface area contributed by atoms with E-state index in [1.165, 1.54) is 11.1 Å². The van der Waals surface area contributed by atoms with Crippen molar-refractivity contribution in [1.82, 2.24) is 9.88 Å². The van der Waals surface area contributed by atoms with Gasteiger partial charge in [0, 0.05) is 23.1 Å². The van der Waals surface area contributed by atoms with E-state index in [9.17, 15) is 4.79 Å². The summed E-state index contributed by atoms with van der Waals surface area (Å²) in [5.41, 5.74) is 4.09. The third kappa shape index (κ3) is 5.57. The lowest BCUT2D eigenvalue weighted by Crippen LogP contribution is -2.38. The number of carbonyl (C=O) groups is 1. The molecule has 0 aliphatic heterocycles. The van der Waals surface area contributed by atoms with Gasteiger partial charge >= 0.3 is 0 Å². The van der Waals surface area contributed by atoms with Gasteiger partial charge in [-0.3, -0.25) is 9.69 Å². The summed E-state index contributed by atoms with van der Waals surface area (Å²) in [4.78, 5) is 22.3. The van der Waals surface area contributed by atoms with Crippen LogP contribution < -0.4 is 4.90 Å². The summed E-state index contributed by atoms with van der Waals surface area (Å²) < 4.78 is 2.02. The first-order valence-corrected chi connectivity index (χ1v) is 11.2. The van der Waals surface area contributed by atoms with Gasteiger partial charge in [-0.1, -0.05) is 47.2 Å². The van der Waals surface area contributed by atoms with Crippen molar-refractivity contribution in [2.75, 3.05) is 31.1 Å². The number of aromatic nitrogens is 1. The van der Waals surface area contributed by atoms with Gasteiger partial charge in [-0.15, -0.1) is 12.4 Å². The van der Waals surface area contributed by atoms with Crippen molar-refractivity contribution in [2.45, 2.75) is 27.7 Å². The maximum Gasteiger partial charge on any atom is 0.260 e. The van der Waals surface area contributed by atoms with Crippen molar-refractivity contribution < 1.29 is 4.79 Å². The Morgan fingerprint density at radius 2 is 1.76 bits per heavy atom. The fourth-order valence-corrected chi connectivity index (χ4v) is 4.60. The van der Waals surface area contributed by atoms with Gasteiger partial charge in [-0.2, -0.15) is 0 Å². The number of anilines is 1. The molecule has 0 saturated carbocycles. The van der Waals surface area contributed by atoms with Gasteiger partial charge in [0.1, 0.15) is 0 Å². The van der Waals surface area contributed by atoms with Crippen LogP contribution in [0.4, 0.5) is 5.13 Å². The first-order chi connectivity index (χ1) is 13.4. The monoisotopic (exact) mass is 495 g/mol. The molecule has 0 spiro atoms. The lowest BCUT2D eigenvalue weighted by molar-refractivity contribution is 0.0983. The maximum atomic E-state index is 13.4. The second-order valence-electron chi connectivity index (χ2n) is 6.89. The molecule has 7 heteroatoms. The standard InChI is InChI=1S/C22H26BrN3OS.ClH/c1-5-25(6-2)10-11-26(21(27)17-8-7-9-18(23)14-17)22-24-19-12-15(3)16(4)13-20(19)28-22;/h7-9,12-14H,5-6,10-11H2,1-4H3;1H. The van der Waals surface area contributed by atoms with Gasteiger partial charge in [0.15, 0.2) is 5.13 Å². The molecule has 1 heterocycles. The van der Waals surface area contributed by atoms with Crippen molar-refractivity contribution >= 4 is 60.9 Å². The highest BCUT2D eigenvalue weighted by Gasteiger charge is 2.22. The lowest BCUT2D eigenvalue weighted by atomic mass is 10.1. The number of thiazole rings is 1. The zero-order valence-electron chi connectivity index (χ0n) is 17.2. The van der Waals surface area contributed by atoms with Gasteiger partial charge in [0.05, 0.1) is 10.2 Å². The van der Waals surface area contributed by atoms with E-state index < -0.39 is 0 Å². The maximum absolute atomic E-state index is 13.4. The first kappa shape index (κ1) is 23.8. The molecule has 2 aromatic carbocycles. The fraction of sp³-hybridized carbons (Fsp3) is 0.364. The first-order valence-electron chi connectivity index (χ1n) is 9.60. The molecule has 0 bridgehead atoms. The molecule has 3 rings (SSSR count). The van der Waals surface area contributed by atoms with Crippen molar-refractivity contribution in [2.24, 2.45) is 0 Å². The molecule has 0 aliphatic rings. The molecule has 0 unspecified atom stereocenters. The Labute approximate surface area is 191 Å². The summed E-state index contributed by atoms with van der Waals surface area (Å²) in [5, 5.41) is 0.761. The van der Waals surface area contributed by atoms with E-state index in [0.29, 0.717) is 12.1 Å². The Bertz CT molecular complexity index is 948. The number of rotatable bonds is 7. The molecule has 1 aromatic heterocycles. The number of benzene rings is 2. The molecular weight excluding hydrogens is 470 g/mol. The number of carbonyl (C=O) groups excluding carboxylic acids is 1. The number of nitrogens with zero attached hydrogens (tertiary/aromatic N) is 3. The van der Waals surface area contributed by atoms with Crippen LogP contribution in [0.3, 0.4) is 0 Å². The van der Waals surface area contributed by atoms with Gasteiger partial charge in [-0.05, 0) is 68.4 Å². The molecule has 29 heavy (non-hydrogen) atoms. The van der Waals surface area contributed by atoms with Crippen LogP contribution in [0.1, 0.15) is 35.3 Å². The molecule has 0 atom stereocenters. The molecule has 0 N–H and O–H groups in total. The average molecular weight is 497 g/mol. The Kier molecular flexibility index (Phi) is 8.64. The second kappa shape index (κ2) is 10.5. The number of hydrogen-bond acceptors (Lipinski definition) is 4. The number of amides is 1. The van der Waals surface area contributed by atoms with Crippen LogP contribution in [-0.4, -0.2) is 42.0 Å². The number of hydrogen-bond donors (Lipinski definition) is 0. The van der Waals surface area contributed by atoms with Crippen molar-refractivity contribution in [1.29, 1.82) is 0 Å². The number of halogens is 2. The van der Waals surface area contributed by atoms with Crippen molar-refractivity contribution in [3.05, 3.63) is 57.6 Å². The Morgan fingerprint density at radius 1 is 1.07 bits per heavy atom. The molecule has 4 nitrogen and oxygen atoms in total. The zero-order chi connectivity index (χ0) is 20.3. The summed E-state index contributed by atoms with van der Waals surface area (Å²) in [5.74, 6) is -0.0130. The average Bonchev–Trinajstić information content (AvgIpc) is 3.07. The quantitative estimate of drug-likeness (QED) is 0.397. The topological polar surface area (TPSA) is 36.4 Å². The van der Waals surface area contributed by atoms with E-state index in [1.54, 1.807) is 11.3 Å². The minimum atomic E-state index is -0.0130. The van der Waals surface area contributed by atoms with Gasteiger partial charge in [0.2, 0.25) is 0 Å². The van der Waals surface area contributed by atoms with E-state index in [1.807, 2.05) is 29.2 Å².